The lowest BCUT2D eigenvalue weighted by Crippen LogP contribution is -2.26. The second-order valence-corrected chi connectivity index (χ2v) is 5.10. The van der Waals surface area contributed by atoms with Gasteiger partial charge in [-0.05, 0) is 11.8 Å². The molecule has 0 aromatic heterocycles. The van der Waals surface area contributed by atoms with Gasteiger partial charge in [-0.3, -0.25) is 9.59 Å². The van der Waals surface area contributed by atoms with Crippen LogP contribution in [0.5, 0.6) is 0 Å². The summed E-state index contributed by atoms with van der Waals surface area (Å²) in [6, 6.07) is 0. The Hall–Kier alpha value is -1.14. The van der Waals surface area contributed by atoms with Gasteiger partial charge in [0.15, 0.2) is 5.79 Å². The minimum atomic E-state index is -0.614. The predicted molar refractivity (Wildman–Crippen MR) is 64.1 cm³/mol. The molecule has 2 aliphatic rings. The van der Waals surface area contributed by atoms with Crippen LogP contribution in [0, 0.1) is 11.8 Å². The first kappa shape index (κ1) is 14.3. The SMILES string of the molecule is COC(=O)C[C@@H]1CC2(C[C@@H]1CC(=O)OC)OCCO2. The largest absolute Gasteiger partial charge is 0.469 e. The quantitative estimate of drug-likeness (QED) is 0.708. The van der Waals surface area contributed by atoms with E-state index in [1.807, 2.05) is 0 Å². The van der Waals surface area contributed by atoms with E-state index in [0.29, 0.717) is 26.1 Å². The fourth-order valence-corrected chi connectivity index (χ4v) is 3.02. The lowest BCUT2D eigenvalue weighted by Gasteiger charge is -2.21. The predicted octanol–water partition coefficient (Wildman–Crippen LogP) is 0.882. The lowest BCUT2D eigenvalue weighted by molar-refractivity contribution is -0.156. The summed E-state index contributed by atoms with van der Waals surface area (Å²) in [6.07, 6.45) is 1.83. The molecule has 2 fully saturated rings. The van der Waals surface area contributed by atoms with Crippen LogP contribution in [-0.2, 0) is 28.5 Å². The third kappa shape index (κ3) is 3.25. The highest BCUT2D eigenvalue weighted by atomic mass is 16.7. The number of carbonyl (C=O) groups excluding carboxylic acids is 2. The van der Waals surface area contributed by atoms with Crippen molar-refractivity contribution in [3.63, 3.8) is 0 Å². The molecule has 108 valence electrons. The summed E-state index contributed by atoms with van der Waals surface area (Å²) in [5.74, 6) is -1.09. The van der Waals surface area contributed by atoms with E-state index in [1.165, 1.54) is 14.2 Å². The summed E-state index contributed by atoms with van der Waals surface area (Å²) < 4.78 is 20.7. The molecule has 0 amide bonds. The fourth-order valence-electron chi connectivity index (χ4n) is 3.02. The normalized spacial score (nSPS) is 28.5. The van der Waals surface area contributed by atoms with Gasteiger partial charge < -0.3 is 18.9 Å². The van der Waals surface area contributed by atoms with Crippen molar-refractivity contribution in [1.29, 1.82) is 0 Å². The maximum Gasteiger partial charge on any atom is 0.305 e. The molecule has 6 heteroatoms. The van der Waals surface area contributed by atoms with Gasteiger partial charge in [0.1, 0.15) is 0 Å². The van der Waals surface area contributed by atoms with E-state index in [9.17, 15) is 9.59 Å². The first-order valence-corrected chi connectivity index (χ1v) is 6.50. The molecule has 1 saturated heterocycles. The second kappa shape index (κ2) is 5.88. The number of esters is 2. The van der Waals surface area contributed by atoms with Crippen LogP contribution in [-0.4, -0.2) is 45.2 Å². The second-order valence-electron chi connectivity index (χ2n) is 5.10. The van der Waals surface area contributed by atoms with Crippen molar-refractivity contribution in [3.8, 4) is 0 Å². The highest BCUT2D eigenvalue weighted by Gasteiger charge is 2.50. The third-order valence-electron chi connectivity index (χ3n) is 3.94. The van der Waals surface area contributed by atoms with Crippen molar-refractivity contribution in [2.75, 3.05) is 27.4 Å². The summed E-state index contributed by atoms with van der Waals surface area (Å²) in [5, 5.41) is 0. The Bertz CT molecular complexity index is 319. The van der Waals surface area contributed by atoms with E-state index in [0.717, 1.165) is 0 Å². The molecule has 0 aromatic carbocycles. The van der Waals surface area contributed by atoms with Crippen molar-refractivity contribution >= 4 is 11.9 Å². The molecular weight excluding hydrogens is 252 g/mol. The molecule has 0 N–H and O–H groups in total. The average molecular weight is 272 g/mol. The smallest absolute Gasteiger partial charge is 0.305 e. The highest BCUT2D eigenvalue weighted by Crippen LogP contribution is 2.47. The number of ether oxygens (including phenoxy) is 4. The molecule has 1 spiro atoms. The Balaban J connectivity index is 2.03. The molecular formula is C13H20O6. The van der Waals surface area contributed by atoms with Crippen LogP contribution in [0.4, 0.5) is 0 Å². The molecule has 2 atom stereocenters. The van der Waals surface area contributed by atoms with Crippen LogP contribution in [0.25, 0.3) is 0 Å². The van der Waals surface area contributed by atoms with Crippen LogP contribution in [0.1, 0.15) is 25.7 Å². The Kier molecular flexibility index (Phi) is 4.42. The standard InChI is InChI=1S/C13H20O6/c1-16-11(14)5-9-7-13(18-3-4-19-13)8-10(9)6-12(15)17-2/h9-10H,3-8H2,1-2H3/t9-,10+. The maximum atomic E-state index is 11.5. The van der Waals surface area contributed by atoms with Crippen LogP contribution in [0.3, 0.4) is 0 Å². The van der Waals surface area contributed by atoms with Crippen LogP contribution >= 0.6 is 0 Å². The number of hydrogen-bond donors (Lipinski definition) is 0. The topological polar surface area (TPSA) is 71.1 Å². The Morgan fingerprint density at radius 1 is 1.00 bits per heavy atom. The third-order valence-corrected chi connectivity index (χ3v) is 3.94. The van der Waals surface area contributed by atoms with E-state index in [4.69, 9.17) is 18.9 Å². The summed E-state index contributed by atoms with van der Waals surface area (Å²) >= 11 is 0. The monoisotopic (exact) mass is 272 g/mol. The molecule has 0 unspecified atom stereocenters. The molecule has 1 aliphatic carbocycles. The van der Waals surface area contributed by atoms with Gasteiger partial charge in [-0.25, -0.2) is 0 Å². The molecule has 19 heavy (non-hydrogen) atoms. The number of methoxy groups -OCH3 is 2. The van der Waals surface area contributed by atoms with Crippen LogP contribution < -0.4 is 0 Å². The summed E-state index contributed by atoms with van der Waals surface area (Å²) in [6.45, 7) is 1.13. The van der Waals surface area contributed by atoms with Crippen molar-refractivity contribution in [2.45, 2.75) is 31.5 Å². The number of carbonyl (C=O) groups is 2. The first-order valence-electron chi connectivity index (χ1n) is 6.50. The Morgan fingerprint density at radius 3 is 1.79 bits per heavy atom. The molecule has 1 heterocycles. The lowest BCUT2D eigenvalue weighted by atomic mass is 9.90. The highest BCUT2D eigenvalue weighted by molar-refractivity contribution is 5.71. The van der Waals surface area contributed by atoms with Crippen molar-refractivity contribution in [2.24, 2.45) is 11.8 Å². The molecule has 2 rings (SSSR count). The van der Waals surface area contributed by atoms with Gasteiger partial charge in [0.25, 0.3) is 0 Å². The van der Waals surface area contributed by atoms with Gasteiger partial charge in [0.05, 0.1) is 27.4 Å². The van der Waals surface area contributed by atoms with Gasteiger partial charge in [-0.2, -0.15) is 0 Å². The van der Waals surface area contributed by atoms with Gasteiger partial charge in [0.2, 0.25) is 0 Å². The molecule has 0 bridgehead atoms. The summed E-state index contributed by atoms with van der Waals surface area (Å²) in [5.41, 5.74) is 0. The van der Waals surface area contributed by atoms with Crippen molar-refractivity contribution in [3.05, 3.63) is 0 Å². The molecule has 0 aromatic rings. The molecule has 1 aliphatic heterocycles. The molecule has 0 radical (unpaired) electrons. The summed E-state index contributed by atoms with van der Waals surface area (Å²) in [7, 11) is 2.73. The zero-order chi connectivity index (χ0) is 13.9. The van der Waals surface area contributed by atoms with Crippen LogP contribution in [0.2, 0.25) is 0 Å². The van der Waals surface area contributed by atoms with Crippen molar-refractivity contribution < 1.29 is 28.5 Å². The Labute approximate surface area is 112 Å². The first-order chi connectivity index (χ1) is 9.08. The fraction of sp³-hybridized carbons (Fsp3) is 0.846. The Morgan fingerprint density at radius 2 is 1.42 bits per heavy atom. The van der Waals surface area contributed by atoms with E-state index in [2.05, 4.69) is 0 Å². The van der Waals surface area contributed by atoms with E-state index in [-0.39, 0.29) is 36.6 Å². The summed E-state index contributed by atoms with van der Waals surface area (Å²) in [4.78, 5) is 22.9. The average Bonchev–Trinajstić information content (AvgIpc) is 2.97. The van der Waals surface area contributed by atoms with Gasteiger partial charge in [-0.1, -0.05) is 0 Å². The zero-order valence-electron chi connectivity index (χ0n) is 11.3. The zero-order valence-corrected chi connectivity index (χ0v) is 11.3. The van der Waals surface area contributed by atoms with Gasteiger partial charge >= 0.3 is 11.9 Å². The maximum absolute atomic E-state index is 11.5. The molecule has 6 nitrogen and oxygen atoms in total. The van der Waals surface area contributed by atoms with E-state index < -0.39 is 5.79 Å². The van der Waals surface area contributed by atoms with Gasteiger partial charge in [0, 0.05) is 25.7 Å². The number of hydrogen-bond acceptors (Lipinski definition) is 6. The van der Waals surface area contributed by atoms with Crippen molar-refractivity contribution in [1.82, 2.24) is 0 Å². The van der Waals surface area contributed by atoms with Crippen LogP contribution in [0.15, 0.2) is 0 Å². The number of rotatable bonds is 4. The minimum Gasteiger partial charge on any atom is -0.469 e. The van der Waals surface area contributed by atoms with E-state index in [1.54, 1.807) is 0 Å². The minimum absolute atomic E-state index is 0.0321. The van der Waals surface area contributed by atoms with E-state index >= 15 is 0 Å². The van der Waals surface area contributed by atoms with Gasteiger partial charge in [-0.15, -0.1) is 0 Å². The molecule has 1 saturated carbocycles.